The van der Waals surface area contributed by atoms with Gasteiger partial charge in [-0.2, -0.15) is 0 Å². The molecule has 0 radical (unpaired) electrons. The highest BCUT2D eigenvalue weighted by atomic mass is 35.5. The standard InChI is InChI=1S/C21H19Cl2N5O/c22-17-8-7-16(13-18(17)23)25-21(29)24-15-5-3-14(4-6-15)19-9-10-20(27-26-19)28-11-1-2-12-28/h3-10,13H,1-2,11-12H2,(H2,24,25,29). The molecule has 2 aromatic carbocycles. The van der Waals surface area contributed by atoms with E-state index in [0.717, 1.165) is 30.2 Å². The molecule has 1 saturated heterocycles. The average Bonchev–Trinajstić information content (AvgIpc) is 3.26. The monoisotopic (exact) mass is 427 g/mol. The van der Waals surface area contributed by atoms with Gasteiger partial charge in [-0.1, -0.05) is 35.3 Å². The van der Waals surface area contributed by atoms with Crippen LogP contribution >= 0.6 is 23.2 Å². The van der Waals surface area contributed by atoms with Gasteiger partial charge in [0.1, 0.15) is 0 Å². The molecular weight excluding hydrogens is 409 g/mol. The molecule has 2 amide bonds. The highest BCUT2D eigenvalue weighted by Crippen LogP contribution is 2.25. The van der Waals surface area contributed by atoms with Crippen molar-refractivity contribution in [2.75, 3.05) is 28.6 Å². The van der Waals surface area contributed by atoms with E-state index in [0.29, 0.717) is 21.4 Å². The first-order valence-corrected chi connectivity index (χ1v) is 10.1. The van der Waals surface area contributed by atoms with Crippen LogP contribution in [0, 0.1) is 0 Å². The summed E-state index contributed by atoms with van der Waals surface area (Å²) >= 11 is 11.8. The van der Waals surface area contributed by atoms with Gasteiger partial charge in [0.2, 0.25) is 0 Å². The number of aromatic nitrogens is 2. The number of nitrogens with zero attached hydrogens (tertiary/aromatic N) is 3. The predicted octanol–water partition coefficient (Wildman–Crippen LogP) is 5.69. The van der Waals surface area contributed by atoms with Gasteiger partial charge >= 0.3 is 6.03 Å². The Morgan fingerprint density at radius 1 is 0.828 bits per heavy atom. The van der Waals surface area contributed by atoms with Crippen molar-refractivity contribution in [1.82, 2.24) is 10.2 Å². The minimum atomic E-state index is -0.370. The number of halogens is 2. The second-order valence-corrected chi connectivity index (χ2v) is 7.57. The molecule has 0 spiro atoms. The van der Waals surface area contributed by atoms with E-state index in [1.54, 1.807) is 18.2 Å². The summed E-state index contributed by atoms with van der Waals surface area (Å²) in [5.41, 5.74) is 2.94. The Kier molecular flexibility index (Phi) is 5.83. The Morgan fingerprint density at radius 2 is 1.52 bits per heavy atom. The average molecular weight is 428 g/mol. The maximum Gasteiger partial charge on any atom is 0.323 e. The van der Waals surface area contributed by atoms with E-state index >= 15 is 0 Å². The van der Waals surface area contributed by atoms with Gasteiger partial charge in [-0.25, -0.2) is 4.79 Å². The van der Waals surface area contributed by atoms with Gasteiger partial charge in [0, 0.05) is 30.0 Å². The molecule has 6 nitrogen and oxygen atoms in total. The van der Waals surface area contributed by atoms with Crippen molar-refractivity contribution in [2.45, 2.75) is 12.8 Å². The zero-order valence-electron chi connectivity index (χ0n) is 15.5. The molecule has 2 heterocycles. The normalized spacial score (nSPS) is 13.4. The van der Waals surface area contributed by atoms with Crippen molar-refractivity contribution >= 4 is 46.4 Å². The van der Waals surface area contributed by atoms with Gasteiger partial charge in [-0.05, 0) is 55.3 Å². The summed E-state index contributed by atoms with van der Waals surface area (Å²) in [7, 11) is 0. The van der Waals surface area contributed by atoms with Gasteiger partial charge in [0.25, 0.3) is 0 Å². The number of amides is 2. The molecule has 0 saturated carbocycles. The molecule has 1 aromatic heterocycles. The Hall–Kier alpha value is -2.83. The summed E-state index contributed by atoms with van der Waals surface area (Å²) < 4.78 is 0. The first-order valence-electron chi connectivity index (χ1n) is 9.31. The van der Waals surface area contributed by atoms with Gasteiger partial charge in [0.15, 0.2) is 5.82 Å². The lowest BCUT2D eigenvalue weighted by atomic mass is 10.1. The third kappa shape index (κ3) is 4.78. The maximum atomic E-state index is 12.2. The fraction of sp³-hybridized carbons (Fsp3) is 0.190. The Morgan fingerprint density at radius 3 is 2.17 bits per heavy atom. The topological polar surface area (TPSA) is 70.2 Å². The summed E-state index contributed by atoms with van der Waals surface area (Å²) in [6.07, 6.45) is 2.41. The number of urea groups is 1. The molecule has 1 aliphatic rings. The Labute approximate surface area is 178 Å². The van der Waals surface area contributed by atoms with E-state index < -0.39 is 0 Å². The van der Waals surface area contributed by atoms with Crippen LogP contribution in [0.3, 0.4) is 0 Å². The van der Waals surface area contributed by atoms with Crippen LogP contribution in [0.5, 0.6) is 0 Å². The van der Waals surface area contributed by atoms with Gasteiger partial charge < -0.3 is 15.5 Å². The zero-order chi connectivity index (χ0) is 20.2. The molecule has 0 bridgehead atoms. The van der Waals surface area contributed by atoms with Gasteiger partial charge in [-0.3, -0.25) is 0 Å². The number of hydrogen-bond donors (Lipinski definition) is 2. The third-order valence-electron chi connectivity index (χ3n) is 4.70. The van der Waals surface area contributed by atoms with E-state index in [1.165, 1.54) is 12.8 Å². The summed E-state index contributed by atoms with van der Waals surface area (Å²) in [6.45, 7) is 2.08. The number of hydrogen-bond acceptors (Lipinski definition) is 4. The Balaban J connectivity index is 1.38. The number of carbonyl (C=O) groups excluding carboxylic acids is 1. The molecule has 2 N–H and O–H groups in total. The second-order valence-electron chi connectivity index (χ2n) is 6.76. The number of benzene rings is 2. The van der Waals surface area contributed by atoms with Gasteiger partial charge in [0.05, 0.1) is 15.7 Å². The molecule has 8 heteroatoms. The van der Waals surface area contributed by atoms with Crippen LogP contribution in [0.2, 0.25) is 10.0 Å². The summed E-state index contributed by atoms with van der Waals surface area (Å²) in [6, 6.07) is 15.9. The number of carbonyl (C=O) groups is 1. The summed E-state index contributed by atoms with van der Waals surface area (Å²) in [5, 5.41) is 15.0. The first-order chi connectivity index (χ1) is 14.1. The molecule has 0 aliphatic carbocycles. The van der Waals surface area contributed by atoms with Crippen LogP contribution in [-0.4, -0.2) is 29.3 Å². The molecule has 1 aliphatic heterocycles. The van der Waals surface area contributed by atoms with Crippen molar-refractivity contribution in [3.63, 3.8) is 0 Å². The van der Waals surface area contributed by atoms with E-state index in [1.807, 2.05) is 36.4 Å². The smallest absolute Gasteiger partial charge is 0.323 e. The first kappa shape index (κ1) is 19.5. The Bertz CT molecular complexity index is 1000. The molecular formula is C21H19Cl2N5O. The second kappa shape index (κ2) is 8.68. The van der Waals surface area contributed by atoms with Crippen LogP contribution in [0.1, 0.15) is 12.8 Å². The van der Waals surface area contributed by atoms with Crippen LogP contribution in [0.4, 0.5) is 22.0 Å². The zero-order valence-corrected chi connectivity index (χ0v) is 17.0. The maximum absolute atomic E-state index is 12.2. The molecule has 0 atom stereocenters. The van der Waals surface area contributed by atoms with Crippen molar-refractivity contribution in [3.8, 4) is 11.3 Å². The summed E-state index contributed by atoms with van der Waals surface area (Å²) in [5.74, 6) is 0.920. The SMILES string of the molecule is O=C(Nc1ccc(-c2ccc(N3CCCC3)nn2)cc1)Nc1ccc(Cl)c(Cl)c1. The van der Waals surface area contributed by atoms with Crippen LogP contribution in [-0.2, 0) is 0 Å². The molecule has 0 unspecified atom stereocenters. The highest BCUT2D eigenvalue weighted by Gasteiger charge is 2.14. The van der Waals surface area contributed by atoms with Gasteiger partial charge in [-0.15, -0.1) is 10.2 Å². The van der Waals surface area contributed by atoms with E-state index in [9.17, 15) is 4.79 Å². The lowest BCUT2D eigenvalue weighted by molar-refractivity contribution is 0.262. The van der Waals surface area contributed by atoms with E-state index in [-0.39, 0.29) is 6.03 Å². The lowest BCUT2D eigenvalue weighted by Gasteiger charge is -2.15. The number of nitrogens with one attached hydrogen (secondary N) is 2. The van der Waals surface area contributed by atoms with Crippen LogP contribution in [0.15, 0.2) is 54.6 Å². The predicted molar refractivity (Wildman–Crippen MR) is 118 cm³/mol. The van der Waals surface area contributed by atoms with Crippen molar-refractivity contribution in [2.24, 2.45) is 0 Å². The van der Waals surface area contributed by atoms with E-state index in [4.69, 9.17) is 23.2 Å². The van der Waals surface area contributed by atoms with Crippen LogP contribution < -0.4 is 15.5 Å². The molecule has 148 valence electrons. The van der Waals surface area contributed by atoms with Crippen molar-refractivity contribution in [1.29, 1.82) is 0 Å². The lowest BCUT2D eigenvalue weighted by Crippen LogP contribution is -2.19. The fourth-order valence-corrected chi connectivity index (χ4v) is 3.48. The quantitative estimate of drug-likeness (QED) is 0.560. The van der Waals surface area contributed by atoms with E-state index in [2.05, 4.69) is 25.7 Å². The molecule has 29 heavy (non-hydrogen) atoms. The molecule has 4 rings (SSSR count). The highest BCUT2D eigenvalue weighted by molar-refractivity contribution is 6.42. The summed E-state index contributed by atoms with van der Waals surface area (Å²) in [4.78, 5) is 14.4. The van der Waals surface area contributed by atoms with Crippen molar-refractivity contribution < 1.29 is 4.79 Å². The largest absolute Gasteiger partial charge is 0.355 e. The molecule has 3 aromatic rings. The minimum Gasteiger partial charge on any atom is -0.355 e. The minimum absolute atomic E-state index is 0.370. The van der Waals surface area contributed by atoms with Crippen LogP contribution in [0.25, 0.3) is 11.3 Å². The molecule has 1 fully saturated rings. The fourth-order valence-electron chi connectivity index (χ4n) is 3.19. The van der Waals surface area contributed by atoms with Crippen molar-refractivity contribution in [3.05, 3.63) is 64.6 Å². The number of rotatable bonds is 4. The number of anilines is 3. The third-order valence-corrected chi connectivity index (χ3v) is 5.44.